The molecule has 0 aromatic rings. The highest BCUT2D eigenvalue weighted by Gasteiger charge is 2.56. The number of carbonyl (C=O) groups is 1. The summed E-state index contributed by atoms with van der Waals surface area (Å²) in [5.74, 6) is -2.18. The number of carbonyl (C=O) groups excluding carboxylic acids is 1. The molecule has 0 aromatic carbocycles. The molecule has 0 saturated carbocycles. The fourth-order valence-corrected chi connectivity index (χ4v) is 5.39. The molecule has 2 fully saturated rings. The van der Waals surface area contributed by atoms with Crippen molar-refractivity contribution in [1.29, 1.82) is 0 Å². The van der Waals surface area contributed by atoms with Gasteiger partial charge < -0.3 is 18.4 Å². The summed E-state index contributed by atoms with van der Waals surface area (Å²) in [4.78, 5) is 11.9. The van der Waals surface area contributed by atoms with Crippen LogP contribution in [-0.4, -0.2) is 70.9 Å². The molecule has 0 radical (unpaired) electrons. The minimum absolute atomic E-state index is 0.0382. The Bertz CT molecular complexity index is 1160. The van der Waals surface area contributed by atoms with Crippen LogP contribution in [0.1, 0.15) is 66.2 Å². The maximum atomic E-state index is 12.9. The molecule has 0 amide bonds. The molecular formula is C23H34F6O10S2. The fourth-order valence-electron chi connectivity index (χ4n) is 4.36. The maximum Gasteiger partial charge on any atom is 0.534 e. The second-order valence-corrected chi connectivity index (χ2v) is 14.3. The van der Waals surface area contributed by atoms with E-state index in [0.717, 1.165) is 0 Å². The zero-order valence-electron chi connectivity index (χ0n) is 22.8. The first-order valence-electron chi connectivity index (χ1n) is 12.6. The third kappa shape index (κ3) is 9.18. The number of rotatable bonds is 12. The summed E-state index contributed by atoms with van der Waals surface area (Å²) in [6, 6.07) is 0. The van der Waals surface area contributed by atoms with Gasteiger partial charge >= 0.3 is 37.2 Å². The van der Waals surface area contributed by atoms with Gasteiger partial charge in [0, 0.05) is 12.3 Å². The molecule has 0 N–H and O–H groups in total. The number of ether oxygens (including phenoxy) is 3. The van der Waals surface area contributed by atoms with E-state index in [1.54, 1.807) is 20.8 Å². The van der Waals surface area contributed by atoms with Crippen LogP contribution in [0.4, 0.5) is 26.3 Å². The quantitative estimate of drug-likeness (QED) is 0.0733. The molecule has 0 bridgehead atoms. The third-order valence-electron chi connectivity index (χ3n) is 6.59. The largest absolute Gasteiger partial charge is 0.534 e. The first-order valence-corrected chi connectivity index (χ1v) is 15.4. The number of esters is 1. The highest BCUT2D eigenvalue weighted by atomic mass is 32.2. The Hall–Kier alpha value is -1.63. The summed E-state index contributed by atoms with van der Waals surface area (Å²) in [5, 5.41) is 0. The molecule has 2 heterocycles. The molecule has 2 aliphatic rings. The van der Waals surface area contributed by atoms with E-state index in [2.05, 4.69) is 14.9 Å². The van der Waals surface area contributed by atoms with Gasteiger partial charge in [0.2, 0.25) is 0 Å². The standard InChI is InChI=1S/C23H34F6O10S2/c1-14(15(2)39-41(33,34)23(27,28)29)11-16-8-9-18-21(38-16,13-36-40(31,32)22(24,25)26)12-17(37-18)7-6-10-35-19(30)20(3,4)5/h14,16-18H,2,6-13H2,1,3-5H3/t14-,16-,17+,18+,21-/m1/s1. The van der Waals surface area contributed by atoms with Gasteiger partial charge in [-0.2, -0.15) is 43.2 Å². The van der Waals surface area contributed by atoms with Gasteiger partial charge in [0.1, 0.15) is 11.4 Å². The lowest BCUT2D eigenvalue weighted by molar-refractivity contribution is -0.183. The van der Waals surface area contributed by atoms with Gasteiger partial charge in [0.15, 0.2) is 0 Å². The van der Waals surface area contributed by atoms with Crippen molar-refractivity contribution in [3.8, 4) is 0 Å². The van der Waals surface area contributed by atoms with Gasteiger partial charge in [-0.15, -0.1) is 0 Å². The molecule has 0 spiro atoms. The second-order valence-electron chi connectivity index (χ2n) is 11.1. The second kappa shape index (κ2) is 12.5. The lowest BCUT2D eigenvalue weighted by Gasteiger charge is -2.42. The molecule has 18 heteroatoms. The first-order chi connectivity index (χ1) is 18.4. The van der Waals surface area contributed by atoms with E-state index in [0.29, 0.717) is 6.42 Å². The summed E-state index contributed by atoms with van der Waals surface area (Å²) < 4.78 is 148. The van der Waals surface area contributed by atoms with Crippen molar-refractivity contribution >= 4 is 26.2 Å². The van der Waals surface area contributed by atoms with E-state index >= 15 is 0 Å². The van der Waals surface area contributed by atoms with Gasteiger partial charge in [-0.25, -0.2) is 0 Å². The van der Waals surface area contributed by atoms with Crippen molar-refractivity contribution in [1.82, 2.24) is 0 Å². The maximum absolute atomic E-state index is 12.9. The Morgan fingerprint density at radius 3 is 2.12 bits per heavy atom. The SMILES string of the molecule is C=C(OS(=O)(=O)C(F)(F)F)[C@H](C)C[C@H]1CC[C@@H]2O[C@@H](CCCOC(=O)C(C)(C)C)C[C@]2(COS(=O)(=O)C(F)(F)F)O1. The highest BCUT2D eigenvalue weighted by Crippen LogP contribution is 2.45. The van der Waals surface area contributed by atoms with Crippen LogP contribution < -0.4 is 0 Å². The minimum Gasteiger partial charge on any atom is -0.465 e. The zero-order chi connectivity index (χ0) is 31.7. The Kier molecular flexibility index (Phi) is 10.9. The molecule has 2 rings (SSSR count). The molecule has 5 atom stereocenters. The third-order valence-corrected chi connectivity index (χ3v) is 8.59. The normalized spacial score (nSPS) is 26.7. The van der Waals surface area contributed by atoms with Gasteiger partial charge in [-0.1, -0.05) is 13.5 Å². The van der Waals surface area contributed by atoms with Crippen molar-refractivity contribution in [3.05, 3.63) is 12.3 Å². The Labute approximate surface area is 234 Å². The Balaban J connectivity index is 2.13. The molecule has 2 aliphatic heterocycles. The van der Waals surface area contributed by atoms with Crippen LogP contribution in [0, 0.1) is 11.3 Å². The topological polar surface area (TPSA) is 132 Å². The van der Waals surface area contributed by atoms with Crippen LogP contribution in [0.25, 0.3) is 0 Å². The van der Waals surface area contributed by atoms with Gasteiger partial charge in [0.05, 0.1) is 36.9 Å². The fraction of sp³-hybridized carbons (Fsp3) is 0.870. The Morgan fingerprint density at radius 2 is 1.59 bits per heavy atom. The van der Waals surface area contributed by atoms with Gasteiger partial charge in [-0.3, -0.25) is 8.98 Å². The van der Waals surface area contributed by atoms with Crippen LogP contribution in [0.2, 0.25) is 0 Å². The van der Waals surface area contributed by atoms with Crippen LogP contribution in [0.3, 0.4) is 0 Å². The van der Waals surface area contributed by atoms with Crippen LogP contribution >= 0.6 is 0 Å². The minimum atomic E-state index is -5.99. The van der Waals surface area contributed by atoms with E-state index in [1.165, 1.54) is 6.92 Å². The summed E-state index contributed by atoms with van der Waals surface area (Å²) >= 11 is 0. The number of halogens is 6. The Morgan fingerprint density at radius 1 is 1.00 bits per heavy atom. The van der Waals surface area contributed by atoms with Crippen molar-refractivity contribution in [2.75, 3.05) is 13.2 Å². The van der Waals surface area contributed by atoms with Crippen LogP contribution in [-0.2, 0) is 47.6 Å². The van der Waals surface area contributed by atoms with E-state index in [4.69, 9.17) is 14.2 Å². The molecule has 240 valence electrons. The van der Waals surface area contributed by atoms with Crippen LogP contribution in [0.15, 0.2) is 12.3 Å². The number of alkyl halides is 6. The average Bonchev–Trinajstić information content (AvgIpc) is 3.16. The monoisotopic (exact) mass is 648 g/mol. The average molecular weight is 649 g/mol. The molecule has 10 nitrogen and oxygen atoms in total. The lowest BCUT2D eigenvalue weighted by Crippen LogP contribution is -2.52. The molecular weight excluding hydrogens is 614 g/mol. The molecule has 0 unspecified atom stereocenters. The van der Waals surface area contributed by atoms with Gasteiger partial charge in [-0.05, 0) is 52.9 Å². The predicted molar refractivity (Wildman–Crippen MR) is 130 cm³/mol. The molecule has 0 aromatic heterocycles. The van der Waals surface area contributed by atoms with Crippen molar-refractivity contribution in [2.45, 2.75) is 101 Å². The van der Waals surface area contributed by atoms with E-state index in [-0.39, 0.29) is 38.7 Å². The van der Waals surface area contributed by atoms with Gasteiger partial charge in [0.25, 0.3) is 0 Å². The van der Waals surface area contributed by atoms with Crippen molar-refractivity contribution in [3.63, 3.8) is 0 Å². The number of fused-ring (bicyclic) bond motifs is 1. The van der Waals surface area contributed by atoms with E-state index < -0.39 is 84.8 Å². The molecule has 41 heavy (non-hydrogen) atoms. The first kappa shape index (κ1) is 35.6. The zero-order valence-corrected chi connectivity index (χ0v) is 24.5. The van der Waals surface area contributed by atoms with Crippen LogP contribution in [0.5, 0.6) is 0 Å². The summed E-state index contributed by atoms with van der Waals surface area (Å²) in [7, 11) is -12.0. The summed E-state index contributed by atoms with van der Waals surface area (Å²) in [6.45, 7) is 8.54. The summed E-state index contributed by atoms with van der Waals surface area (Å²) in [6.07, 6.45) is -1.67. The number of hydrogen-bond donors (Lipinski definition) is 0. The lowest BCUT2D eigenvalue weighted by atomic mass is 9.85. The van der Waals surface area contributed by atoms with Crippen molar-refractivity contribution < 1.29 is 70.5 Å². The number of hydrogen-bond acceptors (Lipinski definition) is 10. The number of allylic oxidation sites excluding steroid dienone is 1. The highest BCUT2D eigenvalue weighted by molar-refractivity contribution is 7.87. The smallest absolute Gasteiger partial charge is 0.465 e. The molecule has 2 saturated heterocycles. The molecule has 0 aliphatic carbocycles. The van der Waals surface area contributed by atoms with E-state index in [1.807, 2.05) is 0 Å². The van der Waals surface area contributed by atoms with E-state index in [9.17, 15) is 48.0 Å². The predicted octanol–water partition coefficient (Wildman–Crippen LogP) is 4.70. The summed E-state index contributed by atoms with van der Waals surface area (Å²) in [5.41, 5.74) is -13.8. The van der Waals surface area contributed by atoms with Crippen molar-refractivity contribution in [2.24, 2.45) is 11.3 Å².